The maximum atomic E-state index is 13.6. The van der Waals surface area contributed by atoms with E-state index in [0.717, 1.165) is 18.1 Å². The van der Waals surface area contributed by atoms with Crippen LogP contribution in [0.1, 0.15) is 22.7 Å². The lowest BCUT2D eigenvalue weighted by Crippen LogP contribution is -2.14. The molecule has 2 rings (SSSR count). The maximum absolute atomic E-state index is 13.6. The number of methoxy groups -OCH3 is 1. The molecule has 0 spiro atoms. The van der Waals surface area contributed by atoms with Crippen LogP contribution in [-0.4, -0.2) is 13.7 Å². The summed E-state index contributed by atoms with van der Waals surface area (Å²) in [5.41, 5.74) is 8.62. The molecule has 0 radical (unpaired) electrons. The number of ether oxygens (including phenoxy) is 1. The van der Waals surface area contributed by atoms with E-state index in [0.29, 0.717) is 18.6 Å². The molecule has 0 aliphatic rings. The quantitative estimate of drug-likeness (QED) is 0.885. The van der Waals surface area contributed by atoms with Gasteiger partial charge in [0.25, 0.3) is 0 Å². The van der Waals surface area contributed by atoms with Gasteiger partial charge < -0.3 is 10.5 Å². The third-order valence-corrected chi connectivity index (χ3v) is 3.46. The highest BCUT2D eigenvalue weighted by Crippen LogP contribution is 2.19. The van der Waals surface area contributed by atoms with Crippen LogP contribution in [0.3, 0.4) is 0 Å². The largest absolute Gasteiger partial charge is 0.384 e. The van der Waals surface area contributed by atoms with Gasteiger partial charge in [-0.1, -0.05) is 30.3 Å². The molecule has 0 heterocycles. The average Bonchev–Trinajstić information content (AvgIpc) is 2.48. The molecular weight excluding hydrogens is 272 g/mol. The lowest BCUT2D eigenvalue weighted by atomic mass is 9.98. The molecule has 0 saturated carbocycles. The first kappa shape index (κ1) is 15.6. The van der Waals surface area contributed by atoms with E-state index in [1.54, 1.807) is 7.11 Å². The van der Waals surface area contributed by atoms with Gasteiger partial charge in [0.05, 0.1) is 6.61 Å². The summed E-state index contributed by atoms with van der Waals surface area (Å²) >= 11 is 0. The minimum Gasteiger partial charge on any atom is -0.384 e. The number of hydrogen-bond donors (Lipinski definition) is 1. The molecule has 2 aromatic rings. The van der Waals surface area contributed by atoms with Gasteiger partial charge in [0.2, 0.25) is 0 Å². The molecule has 1 unspecified atom stereocenters. The molecule has 2 aromatic carbocycles. The molecule has 0 amide bonds. The number of halogens is 2. The first-order valence-corrected chi connectivity index (χ1v) is 6.87. The second-order valence-electron chi connectivity index (χ2n) is 5.03. The SMILES string of the molecule is COCCc1ccc(C(N)Cc2ccc(F)cc2F)cc1. The zero-order chi connectivity index (χ0) is 15.2. The molecule has 0 aliphatic heterocycles. The number of rotatable bonds is 6. The third-order valence-electron chi connectivity index (χ3n) is 3.46. The molecule has 0 saturated heterocycles. The van der Waals surface area contributed by atoms with Crippen molar-refractivity contribution in [2.24, 2.45) is 5.73 Å². The third kappa shape index (κ3) is 4.34. The van der Waals surface area contributed by atoms with E-state index in [4.69, 9.17) is 10.5 Å². The van der Waals surface area contributed by atoms with Crippen LogP contribution >= 0.6 is 0 Å². The Labute approximate surface area is 123 Å². The summed E-state index contributed by atoms with van der Waals surface area (Å²) in [7, 11) is 1.67. The molecule has 0 bridgehead atoms. The predicted octanol–water partition coefficient (Wildman–Crippen LogP) is 3.40. The summed E-state index contributed by atoms with van der Waals surface area (Å²) < 4.78 is 31.5. The molecule has 0 aliphatic carbocycles. The monoisotopic (exact) mass is 291 g/mol. The van der Waals surface area contributed by atoms with Gasteiger partial charge in [-0.25, -0.2) is 8.78 Å². The van der Waals surface area contributed by atoms with Gasteiger partial charge in [-0.05, 0) is 35.6 Å². The second-order valence-corrected chi connectivity index (χ2v) is 5.03. The summed E-state index contributed by atoms with van der Waals surface area (Å²) in [5.74, 6) is -1.13. The Kier molecular flexibility index (Phi) is 5.42. The number of hydrogen-bond acceptors (Lipinski definition) is 2. The smallest absolute Gasteiger partial charge is 0.129 e. The van der Waals surface area contributed by atoms with Crippen molar-refractivity contribution < 1.29 is 13.5 Å². The Morgan fingerprint density at radius 2 is 1.81 bits per heavy atom. The molecule has 2 N–H and O–H groups in total. The van der Waals surface area contributed by atoms with Crippen LogP contribution in [0, 0.1) is 11.6 Å². The normalized spacial score (nSPS) is 12.4. The van der Waals surface area contributed by atoms with Crippen LogP contribution in [0.2, 0.25) is 0 Å². The van der Waals surface area contributed by atoms with Crippen molar-refractivity contribution in [1.82, 2.24) is 0 Å². The molecule has 4 heteroatoms. The molecule has 1 atom stereocenters. The highest BCUT2D eigenvalue weighted by molar-refractivity contribution is 5.28. The highest BCUT2D eigenvalue weighted by atomic mass is 19.1. The minimum absolute atomic E-state index is 0.318. The lowest BCUT2D eigenvalue weighted by Gasteiger charge is -2.13. The van der Waals surface area contributed by atoms with Crippen molar-refractivity contribution >= 4 is 0 Å². The fraction of sp³-hybridized carbons (Fsp3) is 0.294. The van der Waals surface area contributed by atoms with Crippen LogP contribution in [0.4, 0.5) is 8.78 Å². The summed E-state index contributed by atoms with van der Waals surface area (Å²) in [6, 6.07) is 11.1. The first-order valence-electron chi connectivity index (χ1n) is 6.87. The highest BCUT2D eigenvalue weighted by Gasteiger charge is 2.11. The Hall–Kier alpha value is -1.78. The molecule has 2 nitrogen and oxygen atoms in total. The van der Waals surface area contributed by atoms with Crippen molar-refractivity contribution in [3.05, 3.63) is 70.8 Å². The number of nitrogens with two attached hydrogens (primary N) is 1. The van der Waals surface area contributed by atoms with E-state index in [1.807, 2.05) is 24.3 Å². The minimum atomic E-state index is -0.577. The van der Waals surface area contributed by atoms with Gasteiger partial charge in [-0.2, -0.15) is 0 Å². The van der Waals surface area contributed by atoms with Gasteiger partial charge in [-0.3, -0.25) is 0 Å². The van der Waals surface area contributed by atoms with Crippen molar-refractivity contribution in [2.75, 3.05) is 13.7 Å². The summed E-state index contributed by atoms with van der Waals surface area (Å²) in [4.78, 5) is 0. The predicted molar refractivity (Wildman–Crippen MR) is 79.0 cm³/mol. The van der Waals surface area contributed by atoms with Gasteiger partial charge >= 0.3 is 0 Å². The first-order chi connectivity index (χ1) is 10.1. The van der Waals surface area contributed by atoms with Crippen molar-refractivity contribution in [1.29, 1.82) is 0 Å². The van der Waals surface area contributed by atoms with Gasteiger partial charge in [0.1, 0.15) is 11.6 Å². The Morgan fingerprint density at radius 1 is 1.10 bits per heavy atom. The second kappa shape index (κ2) is 7.29. The van der Waals surface area contributed by atoms with Crippen LogP contribution in [0.25, 0.3) is 0 Å². The van der Waals surface area contributed by atoms with Gasteiger partial charge in [-0.15, -0.1) is 0 Å². The molecule has 0 fully saturated rings. The Bertz CT molecular complexity index is 584. The van der Waals surface area contributed by atoms with Crippen molar-refractivity contribution in [3.63, 3.8) is 0 Å². The van der Waals surface area contributed by atoms with Crippen molar-refractivity contribution in [2.45, 2.75) is 18.9 Å². The van der Waals surface area contributed by atoms with Crippen LogP contribution in [-0.2, 0) is 17.6 Å². The molecule has 112 valence electrons. The van der Waals surface area contributed by atoms with Crippen LogP contribution in [0.5, 0.6) is 0 Å². The van der Waals surface area contributed by atoms with E-state index >= 15 is 0 Å². The maximum Gasteiger partial charge on any atom is 0.129 e. The summed E-state index contributed by atoms with van der Waals surface area (Å²) in [5, 5.41) is 0. The topological polar surface area (TPSA) is 35.2 Å². The zero-order valence-corrected chi connectivity index (χ0v) is 12.0. The number of benzene rings is 2. The summed E-state index contributed by atoms with van der Waals surface area (Å²) in [6.45, 7) is 0.673. The Morgan fingerprint density at radius 3 is 2.43 bits per heavy atom. The van der Waals surface area contributed by atoms with E-state index < -0.39 is 11.6 Å². The Balaban J connectivity index is 2.04. The zero-order valence-electron chi connectivity index (χ0n) is 12.0. The van der Waals surface area contributed by atoms with Gasteiger partial charge in [0, 0.05) is 19.2 Å². The fourth-order valence-corrected chi connectivity index (χ4v) is 2.19. The lowest BCUT2D eigenvalue weighted by molar-refractivity contribution is 0.202. The molecule has 0 aromatic heterocycles. The standard InChI is InChI=1S/C17H19F2NO/c1-21-9-8-12-2-4-13(5-3-12)17(20)10-14-6-7-15(18)11-16(14)19/h2-7,11,17H,8-10,20H2,1H3. The van der Waals surface area contributed by atoms with E-state index in [2.05, 4.69) is 0 Å². The molecule has 21 heavy (non-hydrogen) atoms. The van der Waals surface area contributed by atoms with E-state index in [9.17, 15) is 8.78 Å². The van der Waals surface area contributed by atoms with Crippen LogP contribution < -0.4 is 5.73 Å². The average molecular weight is 291 g/mol. The molecular formula is C17H19F2NO. The summed E-state index contributed by atoms with van der Waals surface area (Å²) in [6.07, 6.45) is 1.18. The van der Waals surface area contributed by atoms with E-state index in [-0.39, 0.29) is 6.04 Å². The van der Waals surface area contributed by atoms with Crippen molar-refractivity contribution in [3.8, 4) is 0 Å². The van der Waals surface area contributed by atoms with E-state index in [1.165, 1.54) is 17.7 Å². The fourth-order valence-electron chi connectivity index (χ4n) is 2.19. The van der Waals surface area contributed by atoms with Crippen LogP contribution in [0.15, 0.2) is 42.5 Å². The van der Waals surface area contributed by atoms with Gasteiger partial charge in [0.15, 0.2) is 0 Å².